The number of hydrogen-bond donors (Lipinski definition) is 1. The van der Waals surface area contributed by atoms with Crippen molar-refractivity contribution in [3.63, 3.8) is 0 Å². The van der Waals surface area contributed by atoms with Gasteiger partial charge in [-0.2, -0.15) is 0 Å². The van der Waals surface area contributed by atoms with Gasteiger partial charge in [-0.05, 0) is 43.5 Å². The fourth-order valence-corrected chi connectivity index (χ4v) is 6.48. The zero-order valence-corrected chi connectivity index (χ0v) is 19.4. The Balaban J connectivity index is 1.47. The van der Waals surface area contributed by atoms with E-state index in [4.69, 9.17) is 4.74 Å². The highest BCUT2D eigenvalue weighted by Gasteiger charge is 2.38. The van der Waals surface area contributed by atoms with Crippen molar-refractivity contribution < 1.29 is 22.7 Å². The molecule has 8 heteroatoms. The summed E-state index contributed by atoms with van der Waals surface area (Å²) < 4.78 is 30.0. The number of rotatable bonds is 7. The lowest BCUT2D eigenvalue weighted by molar-refractivity contribution is -0.138. The molecule has 1 unspecified atom stereocenters. The second-order valence-electron chi connectivity index (χ2n) is 8.75. The molecule has 0 aromatic heterocycles. The minimum absolute atomic E-state index is 0.0192. The Hall–Kier alpha value is -2.87. The summed E-state index contributed by atoms with van der Waals surface area (Å²) in [5, 5.41) is 2.83. The van der Waals surface area contributed by atoms with Crippen LogP contribution in [-0.4, -0.2) is 55.3 Å². The first-order chi connectivity index (χ1) is 15.9. The van der Waals surface area contributed by atoms with E-state index in [0.29, 0.717) is 23.4 Å². The van der Waals surface area contributed by atoms with Crippen LogP contribution in [0.3, 0.4) is 0 Å². The van der Waals surface area contributed by atoms with Gasteiger partial charge in [0.25, 0.3) is 11.8 Å². The van der Waals surface area contributed by atoms with Gasteiger partial charge in [-0.15, -0.1) is 0 Å². The molecule has 33 heavy (non-hydrogen) atoms. The van der Waals surface area contributed by atoms with Crippen LogP contribution in [0.1, 0.15) is 48.9 Å². The molecule has 2 aromatic rings. The van der Waals surface area contributed by atoms with Gasteiger partial charge in [0.05, 0.1) is 17.1 Å². The molecule has 0 radical (unpaired) electrons. The smallest absolute Gasteiger partial charge is 0.261 e. The molecule has 1 aliphatic heterocycles. The molecule has 1 saturated heterocycles. The van der Waals surface area contributed by atoms with Crippen molar-refractivity contribution in [2.45, 2.75) is 50.6 Å². The van der Waals surface area contributed by atoms with Gasteiger partial charge in [-0.25, -0.2) is 8.42 Å². The number of benzene rings is 2. The molecule has 2 aliphatic rings. The Morgan fingerprint density at radius 3 is 2.30 bits per heavy atom. The highest BCUT2D eigenvalue weighted by Crippen LogP contribution is 2.29. The Labute approximate surface area is 195 Å². The molecular weight excluding hydrogens is 440 g/mol. The molecule has 2 amide bonds. The van der Waals surface area contributed by atoms with Crippen molar-refractivity contribution in [1.29, 1.82) is 0 Å². The predicted octanol–water partition coefficient (Wildman–Crippen LogP) is 3.67. The molecule has 0 spiro atoms. The van der Waals surface area contributed by atoms with Gasteiger partial charge in [0, 0.05) is 17.8 Å². The summed E-state index contributed by atoms with van der Waals surface area (Å²) in [5.41, 5.74) is 1.00. The van der Waals surface area contributed by atoms with Crippen LogP contribution in [-0.2, 0) is 14.6 Å². The van der Waals surface area contributed by atoms with E-state index >= 15 is 0 Å². The van der Waals surface area contributed by atoms with E-state index in [9.17, 15) is 18.0 Å². The summed E-state index contributed by atoms with van der Waals surface area (Å²) in [6.07, 6.45) is 5.47. The number of carbonyl (C=O) groups excluding carboxylic acids is 2. The quantitative estimate of drug-likeness (QED) is 0.667. The predicted molar refractivity (Wildman–Crippen MR) is 127 cm³/mol. The maximum Gasteiger partial charge on any atom is 0.261 e. The molecule has 2 aromatic carbocycles. The molecule has 4 rings (SSSR count). The zero-order valence-electron chi connectivity index (χ0n) is 18.6. The first-order valence-electron chi connectivity index (χ1n) is 11.5. The van der Waals surface area contributed by atoms with E-state index in [1.165, 1.54) is 0 Å². The SMILES string of the molecule is O=C(Nc1ccccc1)c1ccccc1OCC(=O)N(C1CCCCC1)C1CCS(=O)(=O)C1. The Bertz CT molecular complexity index is 1080. The Morgan fingerprint density at radius 1 is 0.909 bits per heavy atom. The summed E-state index contributed by atoms with van der Waals surface area (Å²) in [6, 6.07) is 15.7. The van der Waals surface area contributed by atoms with Crippen molar-refractivity contribution >= 4 is 27.3 Å². The molecule has 176 valence electrons. The summed E-state index contributed by atoms with van der Waals surface area (Å²) >= 11 is 0. The third kappa shape index (κ3) is 5.93. The van der Waals surface area contributed by atoms with Crippen LogP contribution < -0.4 is 10.1 Å². The van der Waals surface area contributed by atoms with Crippen LogP contribution in [0, 0.1) is 0 Å². The number of nitrogens with zero attached hydrogens (tertiary/aromatic N) is 1. The fourth-order valence-electron chi connectivity index (χ4n) is 4.77. The van der Waals surface area contributed by atoms with Crippen LogP contribution in [0.25, 0.3) is 0 Å². The van der Waals surface area contributed by atoms with Crippen LogP contribution >= 0.6 is 0 Å². The third-order valence-electron chi connectivity index (χ3n) is 6.37. The lowest BCUT2D eigenvalue weighted by Gasteiger charge is -2.38. The summed E-state index contributed by atoms with van der Waals surface area (Å²) in [4.78, 5) is 27.9. The number of ether oxygens (including phenoxy) is 1. The Morgan fingerprint density at radius 2 is 1.61 bits per heavy atom. The minimum atomic E-state index is -3.12. The van der Waals surface area contributed by atoms with E-state index in [0.717, 1.165) is 32.1 Å². The Kier molecular flexibility index (Phi) is 7.33. The molecule has 1 saturated carbocycles. The van der Waals surface area contributed by atoms with Crippen LogP contribution in [0.2, 0.25) is 0 Å². The normalized spacial score (nSPS) is 20.2. The third-order valence-corrected chi connectivity index (χ3v) is 8.12. The lowest BCUT2D eigenvalue weighted by atomic mass is 9.93. The first kappa shape index (κ1) is 23.3. The van der Waals surface area contributed by atoms with E-state index in [2.05, 4.69) is 5.32 Å². The largest absolute Gasteiger partial charge is 0.483 e. The molecule has 1 N–H and O–H groups in total. The average molecular weight is 471 g/mol. The van der Waals surface area contributed by atoms with E-state index in [1.807, 2.05) is 18.2 Å². The van der Waals surface area contributed by atoms with E-state index < -0.39 is 9.84 Å². The van der Waals surface area contributed by atoms with Crippen LogP contribution in [0.5, 0.6) is 5.75 Å². The van der Waals surface area contributed by atoms with Crippen LogP contribution in [0.4, 0.5) is 5.69 Å². The maximum absolute atomic E-state index is 13.3. The lowest BCUT2D eigenvalue weighted by Crippen LogP contribution is -2.50. The van der Waals surface area contributed by atoms with E-state index in [-0.39, 0.29) is 42.0 Å². The maximum atomic E-state index is 13.3. The van der Waals surface area contributed by atoms with Crippen molar-refractivity contribution in [2.24, 2.45) is 0 Å². The van der Waals surface area contributed by atoms with Gasteiger partial charge in [-0.1, -0.05) is 49.6 Å². The molecule has 1 atom stereocenters. The van der Waals surface area contributed by atoms with Gasteiger partial charge in [0.15, 0.2) is 16.4 Å². The highest BCUT2D eigenvalue weighted by atomic mass is 32.2. The van der Waals surface area contributed by atoms with Crippen molar-refractivity contribution in [3.8, 4) is 5.75 Å². The van der Waals surface area contributed by atoms with Gasteiger partial charge in [-0.3, -0.25) is 9.59 Å². The van der Waals surface area contributed by atoms with Gasteiger partial charge in [0.2, 0.25) is 0 Å². The standard InChI is InChI=1S/C25H30N2O5S/c28-24(27(20-11-5-2-6-12-20)21-15-16-33(30,31)18-21)17-32-23-14-8-7-13-22(23)25(29)26-19-9-3-1-4-10-19/h1,3-4,7-10,13-14,20-21H,2,5-6,11-12,15-18H2,(H,26,29). The number of amides is 2. The molecule has 2 fully saturated rings. The summed E-state index contributed by atoms with van der Waals surface area (Å²) in [7, 11) is -3.12. The summed E-state index contributed by atoms with van der Waals surface area (Å²) in [5.74, 6) is -0.0810. The van der Waals surface area contributed by atoms with Gasteiger partial charge in [0.1, 0.15) is 5.75 Å². The average Bonchev–Trinajstić information content (AvgIpc) is 3.18. The number of hydrogen-bond acceptors (Lipinski definition) is 5. The molecule has 0 bridgehead atoms. The number of carbonyl (C=O) groups is 2. The second kappa shape index (κ2) is 10.4. The van der Waals surface area contributed by atoms with Gasteiger partial charge >= 0.3 is 0 Å². The van der Waals surface area contributed by atoms with E-state index in [1.54, 1.807) is 41.3 Å². The molecule has 1 heterocycles. The number of sulfone groups is 1. The number of nitrogens with one attached hydrogen (secondary N) is 1. The van der Waals surface area contributed by atoms with Crippen molar-refractivity contribution in [2.75, 3.05) is 23.4 Å². The first-order valence-corrected chi connectivity index (χ1v) is 13.3. The number of para-hydroxylation sites is 2. The van der Waals surface area contributed by atoms with Crippen molar-refractivity contribution in [1.82, 2.24) is 4.90 Å². The van der Waals surface area contributed by atoms with Crippen molar-refractivity contribution in [3.05, 3.63) is 60.2 Å². The van der Waals surface area contributed by atoms with Gasteiger partial charge < -0.3 is 15.0 Å². The summed E-state index contributed by atoms with van der Waals surface area (Å²) in [6.45, 7) is -0.233. The zero-order chi connectivity index (χ0) is 23.3. The molecular formula is C25H30N2O5S. The highest BCUT2D eigenvalue weighted by molar-refractivity contribution is 7.91. The topological polar surface area (TPSA) is 92.8 Å². The number of anilines is 1. The second-order valence-corrected chi connectivity index (χ2v) is 11.0. The van der Waals surface area contributed by atoms with Crippen LogP contribution in [0.15, 0.2) is 54.6 Å². The molecule has 1 aliphatic carbocycles. The minimum Gasteiger partial charge on any atom is -0.483 e. The molecule has 7 nitrogen and oxygen atoms in total. The fraction of sp³-hybridized carbons (Fsp3) is 0.440. The monoisotopic (exact) mass is 470 g/mol.